The Morgan fingerprint density at radius 1 is 1.25 bits per heavy atom. The Morgan fingerprint density at radius 3 is 2.45 bits per heavy atom. The molecule has 0 unspecified atom stereocenters. The minimum Gasteiger partial charge on any atom is -0.508 e. The molecule has 0 radical (unpaired) electrons. The molecule has 2 N–H and O–H groups in total. The van der Waals surface area contributed by atoms with E-state index in [2.05, 4.69) is 5.32 Å². The maximum atomic E-state index is 12.9. The number of phenols is 1. The fourth-order valence-corrected chi connectivity index (χ4v) is 3.12. The Hall–Kier alpha value is -0.620. The predicted octanol–water partition coefficient (Wildman–Crippen LogP) is 3.30. The Kier molecular flexibility index (Phi) is 5.43. The number of hydrogen-bond donors (Lipinski definition) is 2. The van der Waals surface area contributed by atoms with Crippen LogP contribution in [-0.4, -0.2) is 42.6 Å². The van der Waals surface area contributed by atoms with Crippen LogP contribution in [0.15, 0.2) is 12.1 Å². The minimum atomic E-state index is -2.47. The van der Waals surface area contributed by atoms with Gasteiger partial charge < -0.3 is 10.4 Å². The van der Waals surface area contributed by atoms with Crippen molar-refractivity contribution < 1.29 is 13.9 Å². The molecule has 1 atom stereocenters. The van der Waals surface area contributed by atoms with Crippen molar-refractivity contribution in [3.63, 3.8) is 0 Å². The first-order valence-corrected chi connectivity index (χ1v) is 7.15. The van der Waals surface area contributed by atoms with E-state index in [0.717, 1.165) is 13.1 Å². The van der Waals surface area contributed by atoms with Gasteiger partial charge in [0.1, 0.15) is 5.75 Å². The lowest BCUT2D eigenvalue weighted by molar-refractivity contribution is 0.0730. The number of rotatable bonds is 4. The van der Waals surface area contributed by atoms with Crippen LogP contribution in [0.1, 0.15) is 18.0 Å². The first-order chi connectivity index (χ1) is 9.49. The van der Waals surface area contributed by atoms with Gasteiger partial charge in [0.05, 0.1) is 5.02 Å². The van der Waals surface area contributed by atoms with Crippen LogP contribution in [0.5, 0.6) is 5.75 Å². The van der Waals surface area contributed by atoms with Crippen molar-refractivity contribution in [2.45, 2.75) is 18.9 Å². The van der Waals surface area contributed by atoms with E-state index in [1.165, 1.54) is 12.1 Å². The number of benzene rings is 1. The van der Waals surface area contributed by atoms with Crippen LogP contribution in [0.25, 0.3) is 0 Å². The number of alkyl halides is 2. The molecule has 0 spiro atoms. The molecule has 7 heteroatoms. The van der Waals surface area contributed by atoms with Gasteiger partial charge in [0.25, 0.3) is 0 Å². The summed E-state index contributed by atoms with van der Waals surface area (Å²) in [5.74, 6) is -0.133. The Bertz CT molecular complexity index is 445. The summed E-state index contributed by atoms with van der Waals surface area (Å²) < 4.78 is 25.8. The molecule has 1 fully saturated rings. The summed E-state index contributed by atoms with van der Waals surface area (Å²) >= 11 is 11.9. The molecule has 1 saturated heterocycles. The lowest BCUT2D eigenvalue weighted by Gasteiger charge is -2.35. The summed E-state index contributed by atoms with van der Waals surface area (Å²) in [7, 11) is 0. The Morgan fingerprint density at radius 2 is 1.90 bits per heavy atom. The molecule has 1 heterocycles. The normalized spacial score (nSPS) is 18.4. The third kappa shape index (κ3) is 3.73. The van der Waals surface area contributed by atoms with Crippen LogP contribution in [-0.2, 0) is 0 Å². The zero-order valence-electron chi connectivity index (χ0n) is 10.8. The highest BCUT2D eigenvalue weighted by atomic mass is 35.5. The molecule has 112 valence electrons. The molecule has 20 heavy (non-hydrogen) atoms. The molecule has 2 rings (SSSR count). The molecular formula is C13H16Cl2F2N2O. The van der Waals surface area contributed by atoms with Gasteiger partial charge >= 0.3 is 0 Å². The van der Waals surface area contributed by atoms with Crippen molar-refractivity contribution in [2.24, 2.45) is 0 Å². The minimum absolute atomic E-state index is 0.133. The van der Waals surface area contributed by atoms with Gasteiger partial charge in [0.15, 0.2) is 0 Å². The van der Waals surface area contributed by atoms with Crippen molar-refractivity contribution >= 4 is 23.2 Å². The summed E-state index contributed by atoms with van der Waals surface area (Å²) in [4.78, 5) is 1.91. The van der Waals surface area contributed by atoms with Gasteiger partial charge in [-0.1, -0.05) is 23.2 Å². The topological polar surface area (TPSA) is 35.5 Å². The first-order valence-electron chi connectivity index (χ1n) is 6.40. The highest BCUT2D eigenvalue weighted by Crippen LogP contribution is 2.40. The smallest absolute Gasteiger partial charge is 0.240 e. The van der Waals surface area contributed by atoms with Crippen LogP contribution < -0.4 is 5.32 Å². The predicted molar refractivity (Wildman–Crippen MR) is 75.9 cm³/mol. The van der Waals surface area contributed by atoms with E-state index in [-0.39, 0.29) is 22.2 Å². The quantitative estimate of drug-likeness (QED) is 0.892. The molecule has 1 aromatic rings. The fourth-order valence-electron chi connectivity index (χ4n) is 2.51. The largest absolute Gasteiger partial charge is 0.508 e. The van der Waals surface area contributed by atoms with E-state index < -0.39 is 12.5 Å². The van der Waals surface area contributed by atoms with E-state index in [9.17, 15) is 13.9 Å². The first kappa shape index (κ1) is 15.8. The van der Waals surface area contributed by atoms with E-state index >= 15 is 0 Å². The SMILES string of the molecule is Oc1cc(Cl)cc(Cl)c1[C@H](CC(F)F)N1CCNCC1. The van der Waals surface area contributed by atoms with E-state index in [1.807, 2.05) is 4.90 Å². The molecule has 3 nitrogen and oxygen atoms in total. The van der Waals surface area contributed by atoms with Gasteiger partial charge in [-0.3, -0.25) is 4.90 Å². The average molecular weight is 325 g/mol. The maximum absolute atomic E-state index is 12.9. The van der Waals surface area contributed by atoms with Crippen molar-refractivity contribution in [1.29, 1.82) is 0 Å². The molecule has 1 aliphatic rings. The summed E-state index contributed by atoms with van der Waals surface area (Å²) in [5.41, 5.74) is 0.332. The molecule has 0 aromatic heterocycles. The standard InChI is InChI=1S/C13H16Cl2F2N2O/c14-8-5-9(15)13(11(20)6-8)10(7-12(16)17)19-3-1-18-2-4-19/h5-6,10,12,18,20H,1-4,7H2/t10-/m0/s1. The van der Waals surface area contributed by atoms with Crippen molar-refractivity contribution in [3.8, 4) is 5.75 Å². The molecule has 1 aliphatic heterocycles. The lowest BCUT2D eigenvalue weighted by atomic mass is 10.00. The van der Waals surface area contributed by atoms with E-state index in [0.29, 0.717) is 18.7 Å². The van der Waals surface area contributed by atoms with Gasteiger partial charge in [0, 0.05) is 49.2 Å². The van der Waals surface area contributed by atoms with Gasteiger partial charge in [-0.2, -0.15) is 0 Å². The molecular weight excluding hydrogens is 309 g/mol. The highest BCUT2D eigenvalue weighted by molar-refractivity contribution is 6.35. The summed E-state index contributed by atoms with van der Waals surface area (Å²) in [6.07, 6.45) is -2.84. The number of nitrogens with one attached hydrogen (secondary N) is 1. The number of aromatic hydroxyl groups is 1. The Balaban J connectivity index is 2.35. The number of nitrogens with zero attached hydrogens (tertiary/aromatic N) is 1. The fraction of sp³-hybridized carbons (Fsp3) is 0.538. The summed E-state index contributed by atoms with van der Waals surface area (Å²) in [5, 5.41) is 13.7. The number of phenolic OH excluding ortho intramolecular Hbond substituents is 1. The van der Waals surface area contributed by atoms with Crippen LogP contribution in [0.4, 0.5) is 8.78 Å². The van der Waals surface area contributed by atoms with Crippen molar-refractivity contribution in [3.05, 3.63) is 27.7 Å². The van der Waals surface area contributed by atoms with E-state index in [4.69, 9.17) is 23.2 Å². The number of halogens is 4. The third-order valence-electron chi connectivity index (χ3n) is 3.40. The second kappa shape index (κ2) is 6.89. The molecule has 0 amide bonds. The average Bonchev–Trinajstić information content (AvgIpc) is 2.37. The zero-order chi connectivity index (χ0) is 14.7. The van der Waals surface area contributed by atoms with Gasteiger partial charge in [-0.25, -0.2) is 8.78 Å². The molecule has 1 aromatic carbocycles. The van der Waals surface area contributed by atoms with Crippen molar-refractivity contribution in [1.82, 2.24) is 10.2 Å². The second-order valence-corrected chi connectivity index (χ2v) is 5.59. The van der Waals surface area contributed by atoms with Crippen LogP contribution in [0, 0.1) is 0 Å². The van der Waals surface area contributed by atoms with Crippen molar-refractivity contribution in [2.75, 3.05) is 26.2 Å². The maximum Gasteiger partial charge on any atom is 0.240 e. The van der Waals surface area contributed by atoms with Crippen LogP contribution in [0.2, 0.25) is 10.0 Å². The third-order valence-corrected chi connectivity index (χ3v) is 3.93. The molecule has 0 saturated carbocycles. The van der Waals surface area contributed by atoms with Gasteiger partial charge in [0.2, 0.25) is 6.43 Å². The summed E-state index contributed by atoms with van der Waals surface area (Å²) in [6.45, 7) is 2.73. The zero-order valence-corrected chi connectivity index (χ0v) is 12.3. The van der Waals surface area contributed by atoms with E-state index in [1.54, 1.807) is 0 Å². The van der Waals surface area contributed by atoms with Crippen LogP contribution >= 0.6 is 23.2 Å². The lowest BCUT2D eigenvalue weighted by Crippen LogP contribution is -2.45. The Labute approximate surface area is 126 Å². The second-order valence-electron chi connectivity index (χ2n) is 4.75. The van der Waals surface area contributed by atoms with Crippen LogP contribution in [0.3, 0.4) is 0 Å². The molecule has 0 aliphatic carbocycles. The van der Waals surface area contributed by atoms with Gasteiger partial charge in [-0.05, 0) is 12.1 Å². The summed E-state index contributed by atoms with van der Waals surface area (Å²) in [6, 6.07) is 2.20. The number of hydrogen-bond acceptors (Lipinski definition) is 3. The van der Waals surface area contributed by atoms with Gasteiger partial charge in [-0.15, -0.1) is 0 Å². The molecule has 0 bridgehead atoms. The monoisotopic (exact) mass is 324 g/mol. The highest BCUT2D eigenvalue weighted by Gasteiger charge is 2.29. The number of piperazine rings is 1.